The van der Waals surface area contributed by atoms with Gasteiger partial charge in [-0.3, -0.25) is 4.79 Å². The van der Waals surface area contributed by atoms with Gasteiger partial charge in [0.25, 0.3) is 5.91 Å². The topological polar surface area (TPSA) is 65.2 Å². The van der Waals surface area contributed by atoms with Crippen molar-refractivity contribution in [2.75, 3.05) is 37.8 Å². The number of carbonyl (C=O) groups is 1. The van der Waals surface area contributed by atoms with Crippen molar-refractivity contribution in [2.24, 2.45) is 0 Å². The number of nitrogens with zero attached hydrogens (tertiary/aromatic N) is 6. The summed E-state index contributed by atoms with van der Waals surface area (Å²) < 4.78 is 3.03. The summed E-state index contributed by atoms with van der Waals surface area (Å²) in [7, 11) is 0. The maximum atomic E-state index is 13.2. The highest BCUT2D eigenvalue weighted by Crippen LogP contribution is 2.41. The quantitative estimate of drug-likeness (QED) is 0.461. The third-order valence-electron chi connectivity index (χ3n) is 8.26. The summed E-state index contributed by atoms with van der Waals surface area (Å²) in [4.78, 5) is 20.2. The van der Waals surface area contributed by atoms with Crippen LogP contribution in [0.15, 0.2) is 84.2 Å². The van der Waals surface area contributed by atoms with Gasteiger partial charge in [-0.05, 0) is 37.1 Å². The second kappa shape index (κ2) is 9.28. The van der Waals surface area contributed by atoms with E-state index < -0.39 is 0 Å². The molecule has 0 spiro atoms. The molecule has 0 bridgehead atoms. The van der Waals surface area contributed by atoms with Crippen molar-refractivity contribution in [3.8, 4) is 17.5 Å². The highest BCUT2D eigenvalue weighted by molar-refractivity contribution is 7.99. The molecule has 5 heterocycles. The number of benzene rings is 2. The average Bonchev–Trinajstić information content (AvgIpc) is 3.75. The normalized spacial score (nSPS) is 23.5. The van der Waals surface area contributed by atoms with Gasteiger partial charge in [-0.25, -0.2) is 4.98 Å². The number of fused-ring (bicyclic) bond motifs is 2. The molecule has 3 aromatic rings. The Kier molecular flexibility index (Phi) is 5.73. The van der Waals surface area contributed by atoms with Crippen LogP contribution in [0.25, 0.3) is 22.4 Å². The number of aromatic nitrogens is 2. The van der Waals surface area contributed by atoms with Gasteiger partial charge < -0.3 is 9.47 Å². The molecule has 4 aliphatic heterocycles. The zero-order chi connectivity index (χ0) is 25.7. The fourth-order valence-corrected chi connectivity index (χ4v) is 7.29. The Morgan fingerprint density at radius 1 is 1.11 bits per heavy atom. The number of hydrogen-bond acceptors (Lipinski definition) is 5. The predicted octanol–water partition coefficient (Wildman–Crippen LogP) is 4.83. The molecular formula is C30H29N6OS+. The van der Waals surface area contributed by atoms with Crippen LogP contribution in [0, 0.1) is 11.3 Å². The Balaban J connectivity index is 1.16. The molecule has 1 aromatic heterocycles. The van der Waals surface area contributed by atoms with Crippen LogP contribution in [-0.2, 0) is 4.79 Å². The van der Waals surface area contributed by atoms with E-state index in [1.54, 1.807) is 0 Å². The largest absolute Gasteiger partial charge is 0.329 e. The summed E-state index contributed by atoms with van der Waals surface area (Å²) in [6.07, 6.45) is 10.6. The average molecular weight is 522 g/mol. The van der Waals surface area contributed by atoms with Crippen LogP contribution in [-0.4, -0.2) is 67.8 Å². The maximum Gasteiger partial charge on any atom is 0.256 e. The summed E-state index contributed by atoms with van der Waals surface area (Å²) >= 11 is 1.83. The van der Waals surface area contributed by atoms with E-state index in [9.17, 15) is 10.1 Å². The number of allylic oxidation sites excluding steroid dienone is 3. The number of imidazole rings is 1. The van der Waals surface area contributed by atoms with Gasteiger partial charge in [0.15, 0.2) is 5.70 Å². The fourth-order valence-electron chi connectivity index (χ4n) is 6.35. The van der Waals surface area contributed by atoms with Crippen molar-refractivity contribution in [1.82, 2.24) is 19.5 Å². The summed E-state index contributed by atoms with van der Waals surface area (Å²) in [5.74, 6) is 2.98. The molecular weight excluding hydrogens is 492 g/mol. The molecule has 1 atom stereocenters. The predicted molar refractivity (Wildman–Crippen MR) is 149 cm³/mol. The van der Waals surface area contributed by atoms with Gasteiger partial charge in [0.1, 0.15) is 18.6 Å². The van der Waals surface area contributed by atoms with E-state index in [4.69, 9.17) is 4.98 Å². The minimum absolute atomic E-state index is 0.195. The zero-order valence-corrected chi connectivity index (χ0v) is 22.0. The van der Waals surface area contributed by atoms with Crippen molar-refractivity contribution >= 4 is 28.7 Å². The van der Waals surface area contributed by atoms with Gasteiger partial charge in [-0.1, -0.05) is 30.3 Å². The van der Waals surface area contributed by atoms with Crippen molar-refractivity contribution in [1.29, 1.82) is 5.26 Å². The first-order valence-corrected chi connectivity index (χ1v) is 14.4. The molecule has 1 amide bonds. The molecule has 38 heavy (non-hydrogen) atoms. The number of amides is 1. The van der Waals surface area contributed by atoms with Crippen molar-refractivity contribution in [3.63, 3.8) is 0 Å². The van der Waals surface area contributed by atoms with E-state index in [1.807, 2.05) is 53.1 Å². The monoisotopic (exact) mass is 521 g/mol. The molecule has 0 unspecified atom stereocenters. The lowest BCUT2D eigenvalue weighted by Gasteiger charge is -2.43. The first-order chi connectivity index (χ1) is 18.7. The summed E-state index contributed by atoms with van der Waals surface area (Å²) in [5, 5.41) is 12.0. The van der Waals surface area contributed by atoms with Gasteiger partial charge in [0, 0.05) is 36.1 Å². The zero-order valence-electron chi connectivity index (χ0n) is 21.2. The second-order valence-electron chi connectivity index (χ2n) is 10.4. The highest BCUT2D eigenvalue weighted by atomic mass is 32.2. The molecule has 7 rings (SSSR count). The Labute approximate surface area is 226 Å². The molecule has 0 saturated carbocycles. The smallest absolute Gasteiger partial charge is 0.256 e. The van der Waals surface area contributed by atoms with E-state index in [2.05, 4.69) is 52.2 Å². The third kappa shape index (κ3) is 3.73. The van der Waals surface area contributed by atoms with Gasteiger partial charge >= 0.3 is 0 Å². The molecule has 8 heteroatoms. The molecule has 0 radical (unpaired) electrons. The van der Waals surface area contributed by atoms with E-state index in [1.165, 1.54) is 5.70 Å². The SMILES string of the molecule is N#Cc1ccc2c(c1)nc(-c1ccccc1)n2C1CCN([N@@+]23C=CC=C2C=C(C(=O)N2CCSC2)C3)CC1. The minimum atomic E-state index is 0.195. The summed E-state index contributed by atoms with van der Waals surface area (Å²) in [6.45, 7) is 3.39. The lowest BCUT2D eigenvalue weighted by atomic mass is 10.0. The number of rotatable bonds is 4. The number of nitriles is 1. The fraction of sp³-hybridized carbons (Fsp3) is 0.300. The Hall–Kier alpha value is -3.64. The lowest BCUT2D eigenvalue weighted by Crippen LogP contribution is -2.56. The molecule has 2 fully saturated rings. The van der Waals surface area contributed by atoms with Crippen LogP contribution in [0.4, 0.5) is 0 Å². The van der Waals surface area contributed by atoms with Gasteiger partial charge in [0.05, 0.1) is 47.2 Å². The molecule has 4 aliphatic rings. The van der Waals surface area contributed by atoms with Crippen LogP contribution in [0.1, 0.15) is 24.4 Å². The van der Waals surface area contributed by atoms with Crippen LogP contribution < -0.4 is 0 Å². The van der Waals surface area contributed by atoms with Crippen molar-refractivity contribution < 1.29 is 9.39 Å². The Bertz CT molecular complexity index is 1550. The second-order valence-corrected chi connectivity index (χ2v) is 11.4. The molecule has 190 valence electrons. The molecule has 0 aliphatic carbocycles. The molecule has 2 saturated heterocycles. The maximum absolute atomic E-state index is 13.2. The van der Waals surface area contributed by atoms with Gasteiger partial charge in [-0.15, -0.1) is 16.8 Å². The Morgan fingerprint density at radius 3 is 2.71 bits per heavy atom. The number of thioether (sulfide) groups is 1. The Morgan fingerprint density at radius 2 is 1.95 bits per heavy atom. The van der Waals surface area contributed by atoms with Crippen LogP contribution in [0.3, 0.4) is 0 Å². The number of piperidine rings is 1. The lowest BCUT2D eigenvalue weighted by molar-refractivity contribution is -0.949. The van der Waals surface area contributed by atoms with Gasteiger partial charge in [-0.2, -0.15) is 9.85 Å². The van der Waals surface area contributed by atoms with E-state index in [-0.39, 0.29) is 5.91 Å². The van der Waals surface area contributed by atoms with Crippen LogP contribution in [0.5, 0.6) is 0 Å². The van der Waals surface area contributed by atoms with E-state index in [0.29, 0.717) is 22.7 Å². The van der Waals surface area contributed by atoms with E-state index in [0.717, 1.165) is 72.1 Å². The van der Waals surface area contributed by atoms with Crippen LogP contribution >= 0.6 is 11.8 Å². The standard InChI is InChI=1S/C30H29N6OS/c31-19-22-8-9-28-27(17-22)32-29(23-5-2-1-3-6-23)35(28)25-10-12-34(13-11-25)36-15-4-7-26(36)18-24(20-36)30(37)33-14-16-38-21-33/h1-9,15,17-18,25H,10-14,16,20-21H2/q+1/t36-/m1/s1. The van der Waals surface area contributed by atoms with Crippen molar-refractivity contribution in [3.05, 3.63) is 89.8 Å². The number of hydrogen-bond donors (Lipinski definition) is 0. The summed E-state index contributed by atoms with van der Waals surface area (Å²) in [5.41, 5.74) is 5.78. The minimum Gasteiger partial charge on any atom is -0.329 e. The van der Waals surface area contributed by atoms with Crippen molar-refractivity contribution in [2.45, 2.75) is 18.9 Å². The summed E-state index contributed by atoms with van der Waals surface area (Å²) in [6, 6.07) is 18.7. The molecule has 0 N–H and O–H groups in total. The highest BCUT2D eigenvalue weighted by Gasteiger charge is 2.48. The third-order valence-corrected chi connectivity index (χ3v) is 9.22. The van der Waals surface area contributed by atoms with Gasteiger partial charge in [0.2, 0.25) is 0 Å². The number of quaternary nitrogens is 1. The van der Waals surface area contributed by atoms with E-state index >= 15 is 0 Å². The van der Waals surface area contributed by atoms with Crippen LogP contribution in [0.2, 0.25) is 0 Å². The first-order valence-electron chi connectivity index (χ1n) is 13.2. The molecule has 2 aromatic carbocycles. The molecule has 7 nitrogen and oxygen atoms in total. The first kappa shape index (κ1) is 23.5. The number of carbonyl (C=O) groups excluding carboxylic acids is 1.